The minimum absolute atomic E-state index is 0.0113. The lowest BCUT2D eigenvalue weighted by atomic mass is 10.00. The van der Waals surface area contributed by atoms with Gasteiger partial charge in [-0.1, -0.05) is 25.1 Å². The van der Waals surface area contributed by atoms with Gasteiger partial charge in [0.15, 0.2) is 0 Å². The average molecular weight is 292 g/mol. The first-order chi connectivity index (χ1) is 8.44. The summed E-state index contributed by atoms with van der Waals surface area (Å²) in [6, 6.07) is 0. The van der Waals surface area contributed by atoms with E-state index >= 15 is 0 Å². The molecule has 2 rings (SSSR count). The summed E-state index contributed by atoms with van der Waals surface area (Å²) in [5.74, 6) is 0.0113. The first-order valence-electron chi connectivity index (χ1n) is 6.37. The molecule has 1 atom stereocenters. The van der Waals surface area contributed by atoms with Gasteiger partial charge >= 0.3 is 0 Å². The van der Waals surface area contributed by atoms with Crippen LogP contribution in [0, 0.1) is 0 Å². The first-order valence-corrected chi connectivity index (χ1v) is 8.43. The van der Waals surface area contributed by atoms with Crippen LogP contribution < -0.4 is 10.5 Å². The summed E-state index contributed by atoms with van der Waals surface area (Å²) in [5.41, 5.74) is 5.02. The zero-order chi connectivity index (χ0) is 13.2. The molecule has 18 heavy (non-hydrogen) atoms. The van der Waals surface area contributed by atoms with Crippen molar-refractivity contribution in [3.05, 3.63) is 0 Å². The van der Waals surface area contributed by atoms with Gasteiger partial charge in [0.2, 0.25) is 10.0 Å². The van der Waals surface area contributed by atoms with E-state index in [1.807, 2.05) is 0 Å². The summed E-state index contributed by atoms with van der Waals surface area (Å²) in [4.78, 5) is 0.260. The maximum atomic E-state index is 12.1. The lowest BCUT2D eigenvalue weighted by Gasteiger charge is -2.29. The summed E-state index contributed by atoms with van der Waals surface area (Å²) in [5, 5.41) is 0. The summed E-state index contributed by atoms with van der Waals surface area (Å²) < 4.78 is 32.4. The van der Waals surface area contributed by atoms with Gasteiger partial charge in [-0.05, 0) is 25.7 Å². The molecule has 1 aliphatic heterocycles. The Kier molecular flexibility index (Phi) is 4.25. The van der Waals surface area contributed by atoms with E-state index in [-0.39, 0.29) is 16.8 Å². The summed E-state index contributed by atoms with van der Waals surface area (Å²) in [6.45, 7) is 0.653. The minimum Gasteiger partial charge on any atom is -0.392 e. The molecule has 104 valence electrons. The van der Waals surface area contributed by atoms with Crippen molar-refractivity contribution in [2.75, 3.05) is 12.4 Å². The van der Waals surface area contributed by atoms with Gasteiger partial charge in [-0.15, -0.1) is 0 Å². The second-order valence-corrected chi connectivity index (χ2v) is 7.38. The van der Waals surface area contributed by atoms with Gasteiger partial charge in [0.25, 0.3) is 0 Å². The highest BCUT2D eigenvalue weighted by molar-refractivity contribution is 7.89. The lowest BCUT2D eigenvalue weighted by molar-refractivity contribution is 0.127. The van der Waals surface area contributed by atoms with E-state index in [9.17, 15) is 8.42 Å². The zero-order valence-electron chi connectivity index (χ0n) is 10.4. The largest absolute Gasteiger partial charge is 0.392 e. The van der Waals surface area contributed by atoms with Crippen LogP contribution in [0.25, 0.3) is 0 Å². The van der Waals surface area contributed by atoms with Crippen molar-refractivity contribution in [1.29, 1.82) is 0 Å². The van der Waals surface area contributed by atoms with E-state index in [4.69, 9.17) is 22.7 Å². The van der Waals surface area contributed by atoms with Crippen LogP contribution in [0.1, 0.15) is 38.5 Å². The molecule has 0 amide bonds. The summed E-state index contributed by atoms with van der Waals surface area (Å²) >= 11 is 5.04. The van der Waals surface area contributed by atoms with E-state index in [0.29, 0.717) is 19.4 Å². The Morgan fingerprint density at radius 1 is 1.39 bits per heavy atom. The molecular weight excluding hydrogens is 272 g/mol. The highest BCUT2D eigenvalue weighted by Crippen LogP contribution is 2.31. The topological polar surface area (TPSA) is 81.4 Å². The van der Waals surface area contributed by atoms with E-state index in [0.717, 1.165) is 25.7 Å². The van der Waals surface area contributed by atoms with Crippen LogP contribution in [0.5, 0.6) is 0 Å². The molecule has 1 saturated heterocycles. The van der Waals surface area contributed by atoms with Gasteiger partial charge in [-0.25, -0.2) is 13.1 Å². The number of hydrogen-bond donors (Lipinski definition) is 2. The number of rotatable bonds is 5. The molecule has 1 saturated carbocycles. The van der Waals surface area contributed by atoms with Gasteiger partial charge in [-0.3, -0.25) is 0 Å². The Morgan fingerprint density at radius 2 is 2.06 bits per heavy atom. The molecule has 2 aliphatic rings. The van der Waals surface area contributed by atoms with Gasteiger partial charge in [0.1, 0.15) is 0 Å². The number of nitrogens with two attached hydrogens (primary N) is 1. The standard InChI is InChI=1S/C11H20N2O3S2/c12-10(17)11(5-1-2-6-11)13-18(14,15)8-9-4-3-7-16-9/h9,13H,1-8H2,(H2,12,17). The van der Waals surface area contributed by atoms with E-state index < -0.39 is 15.6 Å². The molecule has 0 spiro atoms. The van der Waals surface area contributed by atoms with Crippen molar-refractivity contribution in [3.8, 4) is 0 Å². The molecule has 0 aromatic heterocycles. The first kappa shape index (κ1) is 14.2. The average Bonchev–Trinajstić information content (AvgIpc) is 2.88. The van der Waals surface area contributed by atoms with Crippen molar-refractivity contribution in [3.63, 3.8) is 0 Å². The normalized spacial score (nSPS) is 27.4. The zero-order valence-corrected chi connectivity index (χ0v) is 12.0. The molecule has 7 heteroatoms. The van der Waals surface area contributed by atoms with Crippen molar-refractivity contribution >= 4 is 27.2 Å². The van der Waals surface area contributed by atoms with E-state index in [2.05, 4.69) is 4.72 Å². The fraction of sp³-hybridized carbons (Fsp3) is 0.909. The highest BCUT2D eigenvalue weighted by atomic mass is 32.2. The van der Waals surface area contributed by atoms with Crippen LogP contribution in [-0.2, 0) is 14.8 Å². The smallest absolute Gasteiger partial charge is 0.215 e. The van der Waals surface area contributed by atoms with Gasteiger partial charge in [0.05, 0.1) is 22.4 Å². The molecule has 1 heterocycles. The Labute approximate surface area is 113 Å². The van der Waals surface area contributed by atoms with Crippen LogP contribution in [0.15, 0.2) is 0 Å². The third-order valence-electron chi connectivity index (χ3n) is 3.71. The molecule has 3 N–H and O–H groups in total. The number of sulfonamides is 1. The molecule has 1 unspecified atom stereocenters. The maximum absolute atomic E-state index is 12.1. The van der Waals surface area contributed by atoms with Crippen LogP contribution in [0.3, 0.4) is 0 Å². The Balaban J connectivity index is 2.03. The summed E-state index contributed by atoms with van der Waals surface area (Å²) in [7, 11) is -3.39. The number of hydrogen-bond acceptors (Lipinski definition) is 4. The van der Waals surface area contributed by atoms with Gasteiger partial charge in [-0.2, -0.15) is 0 Å². The SMILES string of the molecule is NC(=S)C1(NS(=O)(=O)CC2CCCO2)CCCC1. The van der Waals surface area contributed by atoms with Gasteiger partial charge in [0, 0.05) is 6.61 Å². The van der Waals surface area contributed by atoms with Crippen molar-refractivity contribution in [2.45, 2.75) is 50.2 Å². The molecule has 5 nitrogen and oxygen atoms in total. The predicted molar refractivity (Wildman–Crippen MR) is 73.9 cm³/mol. The third kappa shape index (κ3) is 3.20. The molecule has 0 aromatic rings. The number of thiocarbonyl (C=S) groups is 1. The quantitative estimate of drug-likeness (QED) is 0.728. The summed E-state index contributed by atoms with van der Waals surface area (Å²) in [6.07, 6.45) is 4.87. The molecule has 0 aromatic carbocycles. The highest BCUT2D eigenvalue weighted by Gasteiger charge is 2.40. The van der Waals surface area contributed by atoms with Crippen LogP contribution in [-0.4, -0.2) is 37.4 Å². The minimum atomic E-state index is -3.39. The number of nitrogens with one attached hydrogen (secondary N) is 1. The monoisotopic (exact) mass is 292 g/mol. The maximum Gasteiger partial charge on any atom is 0.215 e. The van der Waals surface area contributed by atoms with Crippen molar-refractivity contribution in [2.24, 2.45) is 5.73 Å². The Hall–Kier alpha value is -0.240. The van der Waals surface area contributed by atoms with Crippen LogP contribution in [0.2, 0.25) is 0 Å². The Morgan fingerprint density at radius 3 is 2.56 bits per heavy atom. The molecular formula is C11H20N2O3S2. The predicted octanol–water partition coefficient (Wildman–Crippen LogP) is 0.684. The lowest BCUT2D eigenvalue weighted by Crippen LogP contribution is -2.55. The van der Waals surface area contributed by atoms with E-state index in [1.54, 1.807) is 0 Å². The second kappa shape index (κ2) is 5.40. The van der Waals surface area contributed by atoms with Crippen molar-refractivity contribution in [1.82, 2.24) is 4.72 Å². The fourth-order valence-corrected chi connectivity index (χ4v) is 4.80. The van der Waals surface area contributed by atoms with Crippen molar-refractivity contribution < 1.29 is 13.2 Å². The molecule has 0 bridgehead atoms. The Bertz CT molecular complexity index is 410. The fourth-order valence-electron chi connectivity index (χ4n) is 2.74. The molecule has 2 fully saturated rings. The molecule has 1 aliphatic carbocycles. The van der Waals surface area contributed by atoms with Gasteiger partial charge < -0.3 is 10.5 Å². The third-order valence-corrected chi connectivity index (χ3v) is 5.61. The van der Waals surface area contributed by atoms with Crippen LogP contribution >= 0.6 is 12.2 Å². The molecule has 0 radical (unpaired) electrons. The van der Waals surface area contributed by atoms with E-state index in [1.165, 1.54) is 0 Å². The van der Waals surface area contributed by atoms with Crippen LogP contribution in [0.4, 0.5) is 0 Å². The second-order valence-electron chi connectivity index (χ2n) is 5.17. The number of ether oxygens (including phenoxy) is 1.